The quantitative estimate of drug-likeness (QED) is 0.404. The minimum absolute atomic E-state index is 0.0353. The Labute approximate surface area is 200 Å². The predicted octanol–water partition coefficient (Wildman–Crippen LogP) is 5.78. The topological polar surface area (TPSA) is 49.4 Å². The van der Waals surface area contributed by atoms with Crippen LogP contribution in [0.4, 0.5) is 0 Å². The summed E-state index contributed by atoms with van der Waals surface area (Å²) in [5.74, 6) is 0.922. The van der Waals surface area contributed by atoms with Crippen LogP contribution in [0, 0.1) is 0 Å². The van der Waals surface area contributed by atoms with Crippen LogP contribution >= 0.6 is 43.6 Å². The number of nitrogens with zero attached hydrogens (tertiary/aromatic N) is 1. The van der Waals surface area contributed by atoms with Crippen LogP contribution in [-0.2, 0) is 21.9 Å². The number of benzene rings is 2. The van der Waals surface area contributed by atoms with E-state index in [1.807, 2.05) is 62.4 Å². The number of carbonyl (C=O) groups excluding carboxylic acids is 2. The van der Waals surface area contributed by atoms with Crippen molar-refractivity contribution in [3.8, 4) is 0 Å². The average molecular weight is 556 g/mol. The van der Waals surface area contributed by atoms with Gasteiger partial charge >= 0.3 is 0 Å². The Morgan fingerprint density at radius 3 is 2.03 bits per heavy atom. The fourth-order valence-electron chi connectivity index (χ4n) is 2.75. The third-order valence-electron chi connectivity index (χ3n) is 4.84. The molecule has 2 atom stereocenters. The van der Waals surface area contributed by atoms with Crippen molar-refractivity contribution in [1.29, 1.82) is 0 Å². The molecule has 0 saturated heterocycles. The SMILES string of the molecule is CC[C@@H](C)NC(=O)[C@@H](C)N(Cc1ccc(Br)cc1)C(=O)CSCc1ccc(Br)cc1. The Bertz CT molecular complexity index is 828. The van der Waals surface area contributed by atoms with Crippen LogP contribution in [-0.4, -0.2) is 34.6 Å². The summed E-state index contributed by atoms with van der Waals surface area (Å²) in [4.78, 5) is 27.5. The fraction of sp³-hybridized carbons (Fsp3) is 0.391. The van der Waals surface area contributed by atoms with Crippen molar-refractivity contribution in [3.05, 3.63) is 68.6 Å². The molecule has 0 aliphatic rings. The zero-order valence-electron chi connectivity index (χ0n) is 17.5. The lowest BCUT2D eigenvalue weighted by Gasteiger charge is -2.29. The molecule has 0 spiro atoms. The van der Waals surface area contributed by atoms with E-state index in [2.05, 4.69) is 37.2 Å². The molecule has 0 aliphatic carbocycles. The van der Waals surface area contributed by atoms with Gasteiger partial charge < -0.3 is 10.2 Å². The molecule has 2 amide bonds. The second-order valence-corrected chi connectivity index (χ2v) is 10.1. The maximum absolute atomic E-state index is 13.1. The van der Waals surface area contributed by atoms with Gasteiger partial charge in [-0.05, 0) is 55.7 Å². The zero-order chi connectivity index (χ0) is 22.1. The minimum Gasteiger partial charge on any atom is -0.352 e. The van der Waals surface area contributed by atoms with Crippen LogP contribution in [0.15, 0.2) is 57.5 Å². The van der Waals surface area contributed by atoms with Crippen LogP contribution in [0.5, 0.6) is 0 Å². The number of nitrogens with one attached hydrogen (secondary N) is 1. The van der Waals surface area contributed by atoms with Crippen molar-refractivity contribution in [2.24, 2.45) is 0 Å². The smallest absolute Gasteiger partial charge is 0.242 e. The maximum atomic E-state index is 13.1. The van der Waals surface area contributed by atoms with Gasteiger partial charge in [0.2, 0.25) is 11.8 Å². The van der Waals surface area contributed by atoms with Gasteiger partial charge in [0.25, 0.3) is 0 Å². The summed E-state index contributed by atoms with van der Waals surface area (Å²) in [6, 6.07) is 15.5. The molecule has 1 N–H and O–H groups in total. The van der Waals surface area contributed by atoms with Crippen molar-refractivity contribution in [2.75, 3.05) is 5.75 Å². The summed E-state index contributed by atoms with van der Waals surface area (Å²) >= 11 is 8.44. The van der Waals surface area contributed by atoms with E-state index in [0.29, 0.717) is 12.3 Å². The number of carbonyl (C=O) groups is 2. The minimum atomic E-state index is -0.538. The van der Waals surface area contributed by atoms with E-state index >= 15 is 0 Å². The van der Waals surface area contributed by atoms with E-state index in [-0.39, 0.29) is 17.9 Å². The van der Waals surface area contributed by atoms with Crippen LogP contribution in [0.2, 0.25) is 0 Å². The summed E-state index contributed by atoms with van der Waals surface area (Å²) in [5, 5.41) is 3.00. The molecule has 7 heteroatoms. The number of hydrogen-bond acceptors (Lipinski definition) is 3. The highest BCUT2D eigenvalue weighted by Crippen LogP contribution is 2.19. The highest BCUT2D eigenvalue weighted by atomic mass is 79.9. The standard InChI is InChI=1S/C23H28Br2N2O2S/c1-4-16(2)26-23(29)17(3)27(13-18-5-9-20(24)10-6-18)22(28)15-30-14-19-7-11-21(25)12-8-19/h5-12,16-17H,4,13-15H2,1-3H3,(H,26,29)/t16-,17-/m1/s1. The Morgan fingerprint density at radius 1 is 0.967 bits per heavy atom. The Morgan fingerprint density at radius 2 is 1.50 bits per heavy atom. The molecule has 0 heterocycles. The van der Waals surface area contributed by atoms with Gasteiger partial charge in [0.1, 0.15) is 6.04 Å². The van der Waals surface area contributed by atoms with E-state index in [1.54, 1.807) is 23.6 Å². The summed E-state index contributed by atoms with van der Waals surface area (Å²) in [6.07, 6.45) is 0.849. The lowest BCUT2D eigenvalue weighted by Crippen LogP contribution is -2.50. The van der Waals surface area contributed by atoms with E-state index in [4.69, 9.17) is 0 Å². The van der Waals surface area contributed by atoms with Gasteiger partial charge in [-0.1, -0.05) is 63.0 Å². The molecular formula is C23H28Br2N2O2S. The molecule has 0 radical (unpaired) electrons. The van der Waals surface area contributed by atoms with Gasteiger partial charge in [0.05, 0.1) is 5.75 Å². The summed E-state index contributed by atoms with van der Waals surface area (Å²) in [7, 11) is 0. The second kappa shape index (κ2) is 12.5. The Balaban J connectivity index is 2.06. The van der Waals surface area contributed by atoms with E-state index < -0.39 is 6.04 Å². The van der Waals surface area contributed by atoms with Gasteiger partial charge in [-0.2, -0.15) is 0 Å². The number of rotatable bonds is 10. The number of amides is 2. The fourth-order valence-corrected chi connectivity index (χ4v) is 4.15. The summed E-state index contributed by atoms with van der Waals surface area (Å²) < 4.78 is 2.02. The van der Waals surface area contributed by atoms with Gasteiger partial charge in [-0.15, -0.1) is 11.8 Å². The molecule has 0 aromatic heterocycles. The summed E-state index contributed by atoms with van der Waals surface area (Å²) in [6.45, 7) is 6.20. The van der Waals surface area contributed by atoms with E-state index in [0.717, 1.165) is 32.2 Å². The molecule has 30 heavy (non-hydrogen) atoms. The monoisotopic (exact) mass is 554 g/mol. The molecule has 162 valence electrons. The first-order chi connectivity index (χ1) is 14.3. The van der Waals surface area contributed by atoms with Crippen molar-refractivity contribution in [1.82, 2.24) is 10.2 Å². The predicted molar refractivity (Wildman–Crippen MR) is 132 cm³/mol. The maximum Gasteiger partial charge on any atom is 0.242 e. The highest BCUT2D eigenvalue weighted by Gasteiger charge is 2.26. The van der Waals surface area contributed by atoms with Gasteiger partial charge in [-0.3, -0.25) is 9.59 Å². The van der Waals surface area contributed by atoms with Crippen molar-refractivity contribution >= 4 is 55.4 Å². The molecule has 2 aromatic carbocycles. The average Bonchev–Trinajstić information content (AvgIpc) is 2.74. The zero-order valence-corrected chi connectivity index (χ0v) is 21.5. The molecule has 2 rings (SSSR count). The largest absolute Gasteiger partial charge is 0.352 e. The highest BCUT2D eigenvalue weighted by molar-refractivity contribution is 9.10. The van der Waals surface area contributed by atoms with Crippen LogP contribution < -0.4 is 5.32 Å². The Hall–Kier alpha value is -1.31. The molecular weight excluding hydrogens is 528 g/mol. The third kappa shape index (κ3) is 8.08. The molecule has 0 aliphatic heterocycles. The van der Waals surface area contributed by atoms with Crippen LogP contribution in [0.25, 0.3) is 0 Å². The molecule has 0 bridgehead atoms. The van der Waals surface area contributed by atoms with E-state index in [9.17, 15) is 9.59 Å². The number of hydrogen-bond donors (Lipinski definition) is 1. The van der Waals surface area contributed by atoms with Crippen molar-refractivity contribution in [3.63, 3.8) is 0 Å². The number of thioether (sulfide) groups is 1. The lowest BCUT2D eigenvalue weighted by molar-refractivity contribution is -0.138. The van der Waals surface area contributed by atoms with E-state index in [1.165, 1.54) is 0 Å². The first-order valence-electron chi connectivity index (χ1n) is 9.96. The van der Waals surface area contributed by atoms with Gasteiger partial charge in [0.15, 0.2) is 0 Å². The van der Waals surface area contributed by atoms with Crippen molar-refractivity contribution < 1.29 is 9.59 Å². The second-order valence-electron chi connectivity index (χ2n) is 7.26. The Kier molecular flexibility index (Phi) is 10.4. The molecule has 0 fully saturated rings. The van der Waals surface area contributed by atoms with Crippen molar-refractivity contribution in [2.45, 2.75) is 51.6 Å². The van der Waals surface area contributed by atoms with Crippen LogP contribution in [0.3, 0.4) is 0 Å². The van der Waals surface area contributed by atoms with Crippen LogP contribution in [0.1, 0.15) is 38.3 Å². The van der Waals surface area contributed by atoms with Gasteiger partial charge in [-0.25, -0.2) is 0 Å². The third-order valence-corrected chi connectivity index (χ3v) is 6.89. The molecule has 2 aromatic rings. The first-order valence-corrected chi connectivity index (χ1v) is 12.7. The lowest BCUT2D eigenvalue weighted by atomic mass is 10.1. The molecule has 0 unspecified atom stereocenters. The molecule has 4 nitrogen and oxygen atoms in total. The number of halogens is 2. The summed E-state index contributed by atoms with van der Waals surface area (Å²) in [5.41, 5.74) is 2.16. The molecule has 0 saturated carbocycles. The first kappa shape index (κ1) is 25.0. The van der Waals surface area contributed by atoms with Gasteiger partial charge in [0, 0.05) is 27.3 Å². The normalized spacial score (nSPS) is 12.8.